The number of carbonyl (C=O) groups is 2. The molecule has 9 nitrogen and oxygen atoms in total. The minimum absolute atomic E-state index is 0.0473. The highest BCUT2D eigenvalue weighted by Gasteiger charge is 2.36. The molecule has 3 rings (SSSR count). The third-order valence-electron chi connectivity index (χ3n) is 6.42. The fourth-order valence-electron chi connectivity index (χ4n) is 4.43. The summed E-state index contributed by atoms with van der Waals surface area (Å²) in [7, 11) is -3.88. The molecule has 0 radical (unpaired) electrons. The highest BCUT2D eigenvalue weighted by Crippen LogP contribution is 2.27. The Morgan fingerprint density at radius 3 is 2.38 bits per heavy atom. The number of allylic oxidation sites excluding steroid dienone is 1. The van der Waals surface area contributed by atoms with E-state index in [1.807, 2.05) is 56.3 Å². The molecule has 2 aromatic rings. The van der Waals surface area contributed by atoms with Crippen LogP contribution in [0.15, 0.2) is 65.1 Å². The molecule has 1 fully saturated rings. The molecule has 2 aromatic carbocycles. The summed E-state index contributed by atoms with van der Waals surface area (Å²) in [5.41, 5.74) is 6.31. The second-order valence-corrected chi connectivity index (χ2v) is 13.0. The van der Waals surface area contributed by atoms with Crippen molar-refractivity contribution in [1.82, 2.24) is 10.9 Å². The lowest BCUT2D eigenvalue weighted by Gasteiger charge is -2.30. The van der Waals surface area contributed by atoms with Crippen molar-refractivity contribution in [1.29, 1.82) is 0 Å². The first-order valence-electron chi connectivity index (χ1n) is 13.4. The van der Waals surface area contributed by atoms with Gasteiger partial charge in [-0.3, -0.25) is 15.0 Å². The molecule has 1 aliphatic rings. The maximum atomic E-state index is 13.8. The Bertz CT molecular complexity index is 1230. The number of sulfonamides is 1. The molecular weight excluding hydrogens is 598 g/mol. The molecular formula is C29H38BrN3O6S. The molecule has 0 spiro atoms. The molecule has 2 N–H and O–H groups in total. The van der Waals surface area contributed by atoms with Gasteiger partial charge in [0, 0.05) is 17.5 Å². The summed E-state index contributed by atoms with van der Waals surface area (Å²) in [4.78, 5) is 32.8. The van der Waals surface area contributed by atoms with Crippen LogP contribution in [0.5, 0.6) is 0 Å². The lowest BCUT2D eigenvalue weighted by Crippen LogP contribution is -2.51. The molecule has 1 heterocycles. The molecule has 218 valence electrons. The van der Waals surface area contributed by atoms with Crippen molar-refractivity contribution in [2.75, 3.05) is 17.3 Å². The van der Waals surface area contributed by atoms with E-state index in [1.165, 1.54) is 0 Å². The minimum Gasteiger partial charge on any atom is -0.350 e. The summed E-state index contributed by atoms with van der Waals surface area (Å²) in [5, 5.41) is 0. The van der Waals surface area contributed by atoms with Crippen LogP contribution in [0.1, 0.15) is 51.5 Å². The molecule has 0 bridgehead atoms. The normalized spacial score (nSPS) is 17.4. The zero-order valence-electron chi connectivity index (χ0n) is 23.1. The fraction of sp³-hybridized carbons (Fsp3) is 0.448. The Labute approximate surface area is 245 Å². The van der Waals surface area contributed by atoms with Gasteiger partial charge < -0.3 is 4.74 Å². The van der Waals surface area contributed by atoms with Gasteiger partial charge in [-0.25, -0.2) is 18.7 Å². The third kappa shape index (κ3) is 10.0. The molecule has 11 heteroatoms. The molecule has 1 unspecified atom stereocenters. The van der Waals surface area contributed by atoms with E-state index < -0.39 is 40.0 Å². The van der Waals surface area contributed by atoms with Crippen LogP contribution >= 0.6 is 15.9 Å². The Balaban J connectivity index is 1.87. The Morgan fingerprint density at radius 2 is 1.77 bits per heavy atom. The zero-order valence-corrected chi connectivity index (χ0v) is 25.5. The molecule has 1 aliphatic heterocycles. The third-order valence-corrected chi connectivity index (χ3v) is 7.91. The lowest BCUT2D eigenvalue weighted by atomic mass is 9.82. The average Bonchev–Trinajstić information content (AvgIpc) is 2.92. The quantitative estimate of drug-likeness (QED) is 0.292. The van der Waals surface area contributed by atoms with Crippen LogP contribution in [0, 0.1) is 17.8 Å². The van der Waals surface area contributed by atoms with E-state index in [0.717, 1.165) is 33.5 Å². The van der Waals surface area contributed by atoms with Gasteiger partial charge in [-0.15, -0.1) is 0 Å². The Hall–Kier alpha value is -2.73. The van der Waals surface area contributed by atoms with E-state index >= 15 is 0 Å². The first kappa shape index (κ1) is 31.8. The average molecular weight is 637 g/mol. The van der Waals surface area contributed by atoms with Crippen molar-refractivity contribution >= 4 is 49.5 Å². The number of benzene rings is 2. The second kappa shape index (κ2) is 15.3. The number of nitrogens with one attached hydrogen (secondary N) is 2. The summed E-state index contributed by atoms with van der Waals surface area (Å²) in [6.07, 6.45) is 7.31. The fourth-order valence-corrected chi connectivity index (χ4v) is 5.46. The molecule has 40 heavy (non-hydrogen) atoms. The lowest BCUT2D eigenvalue weighted by molar-refractivity contribution is -0.203. The van der Waals surface area contributed by atoms with Crippen molar-refractivity contribution in [3.05, 3.63) is 70.7 Å². The number of amides is 2. The van der Waals surface area contributed by atoms with Gasteiger partial charge in [-0.2, -0.15) is 4.41 Å². The summed E-state index contributed by atoms with van der Waals surface area (Å²) in [6.45, 7) is 4.45. The number of hydrogen-bond acceptors (Lipinski definition) is 6. The second-order valence-electron chi connectivity index (χ2n) is 10.3. The van der Waals surface area contributed by atoms with Crippen LogP contribution in [0.25, 0.3) is 6.08 Å². The van der Waals surface area contributed by atoms with Gasteiger partial charge >= 0.3 is 0 Å². The minimum atomic E-state index is -3.88. The van der Waals surface area contributed by atoms with Crippen molar-refractivity contribution in [2.24, 2.45) is 17.8 Å². The molecule has 0 aliphatic carbocycles. The van der Waals surface area contributed by atoms with Crippen LogP contribution in [0.2, 0.25) is 0 Å². The van der Waals surface area contributed by atoms with Crippen LogP contribution in [0.3, 0.4) is 0 Å². The largest absolute Gasteiger partial charge is 0.350 e. The number of rotatable bonds is 13. The van der Waals surface area contributed by atoms with Crippen LogP contribution in [0.4, 0.5) is 5.69 Å². The Morgan fingerprint density at radius 1 is 1.07 bits per heavy atom. The van der Waals surface area contributed by atoms with Gasteiger partial charge in [-0.05, 0) is 61.4 Å². The predicted molar refractivity (Wildman–Crippen MR) is 159 cm³/mol. The number of ether oxygens (including phenoxy) is 1. The van der Waals surface area contributed by atoms with E-state index in [2.05, 4.69) is 26.8 Å². The van der Waals surface area contributed by atoms with E-state index in [0.29, 0.717) is 19.4 Å². The summed E-state index contributed by atoms with van der Waals surface area (Å²) < 4.78 is 32.5. The van der Waals surface area contributed by atoms with E-state index in [4.69, 9.17) is 9.57 Å². The number of nitrogens with zero attached hydrogens (tertiary/aromatic N) is 1. The first-order valence-corrected chi connectivity index (χ1v) is 16.0. The standard InChI is InChI=1S/C29H38BrN3O6S/c1-21(2)20-26(28(34)31-33(40(3,36)37)24-17-15-23(30)16-18-24)25(13-9-12-22-10-5-4-6-11-22)29(35)32-39-27-14-7-8-19-38-27/h4-6,9-12,15-18,21,25-27H,7-8,13-14,19-20H2,1-3H3,(H,31,34)(H,32,35)/t25-,26?,27+/m1/s1. The van der Waals surface area contributed by atoms with Gasteiger partial charge in [0.1, 0.15) is 0 Å². The summed E-state index contributed by atoms with van der Waals surface area (Å²) in [5.74, 6) is -2.69. The van der Waals surface area contributed by atoms with Gasteiger partial charge in [0.2, 0.25) is 21.8 Å². The van der Waals surface area contributed by atoms with Crippen molar-refractivity contribution in [3.8, 4) is 0 Å². The van der Waals surface area contributed by atoms with E-state index in [-0.39, 0.29) is 18.0 Å². The number of carbonyl (C=O) groups excluding carboxylic acids is 2. The maximum absolute atomic E-state index is 13.8. The zero-order chi connectivity index (χ0) is 29.1. The predicted octanol–water partition coefficient (Wildman–Crippen LogP) is 5.20. The van der Waals surface area contributed by atoms with Gasteiger partial charge in [0.05, 0.1) is 23.8 Å². The Kier molecular flexibility index (Phi) is 12.2. The van der Waals surface area contributed by atoms with E-state index in [1.54, 1.807) is 24.3 Å². The molecule has 2 amide bonds. The van der Waals surface area contributed by atoms with Crippen LogP contribution in [-0.2, 0) is 29.2 Å². The van der Waals surface area contributed by atoms with E-state index in [9.17, 15) is 18.0 Å². The summed E-state index contributed by atoms with van der Waals surface area (Å²) >= 11 is 3.34. The highest BCUT2D eigenvalue weighted by molar-refractivity contribution is 9.10. The maximum Gasteiger partial charge on any atom is 0.249 e. The number of hydrogen-bond donors (Lipinski definition) is 2. The number of anilines is 1. The van der Waals surface area contributed by atoms with Crippen LogP contribution in [-0.4, -0.2) is 39.4 Å². The molecule has 0 saturated carbocycles. The van der Waals surface area contributed by atoms with Gasteiger partial charge in [0.15, 0.2) is 6.29 Å². The molecule has 1 saturated heterocycles. The number of hydrazine groups is 1. The molecule has 0 aromatic heterocycles. The van der Waals surface area contributed by atoms with Crippen molar-refractivity contribution in [2.45, 2.75) is 52.2 Å². The smallest absolute Gasteiger partial charge is 0.249 e. The van der Waals surface area contributed by atoms with Crippen molar-refractivity contribution < 1.29 is 27.6 Å². The highest BCUT2D eigenvalue weighted by atomic mass is 79.9. The van der Waals surface area contributed by atoms with Gasteiger partial charge in [0.25, 0.3) is 0 Å². The number of hydroxylamine groups is 1. The van der Waals surface area contributed by atoms with Gasteiger partial charge in [-0.1, -0.05) is 72.3 Å². The van der Waals surface area contributed by atoms with Crippen LogP contribution < -0.4 is 15.3 Å². The topological polar surface area (TPSA) is 114 Å². The monoisotopic (exact) mass is 635 g/mol. The van der Waals surface area contributed by atoms with Crippen molar-refractivity contribution in [3.63, 3.8) is 0 Å². The first-order chi connectivity index (χ1) is 19.0. The molecule has 3 atom stereocenters. The summed E-state index contributed by atoms with van der Waals surface area (Å²) in [6, 6.07) is 16.1. The SMILES string of the molecule is CC(C)CC(C(=O)NN(c1ccc(Br)cc1)S(C)(=O)=O)[C@@H](CC=Cc1ccccc1)C(=O)NO[C@H]1CCCCO1. The number of halogens is 1.